The lowest BCUT2D eigenvalue weighted by molar-refractivity contribution is 0.837. The van der Waals surface area contributed by atoms with Gasteiger partial charge in [0.05, 0.1) is 15.6 Å². The molecule has 5 heteroatoms. The van der Waals surface area contributed by atoms with Crippen LogP contribution in [-0.4, -0.2) is 14.0 Å². The minimum absolute atomic E-state index is 0.00730. The summed E-state index contributed by atoms with van der Waals surface area (Å²) in [5, 5.41) is 3.63. The predicted molar refractivity (Wildman–Crippen MR) is 150 cm³/mol. The number of hydrogen-bond acceptors (Lipinski definition) is 3. The number of imidazole rings is 1. The van der Waals surface area contributed by atoms with Crippen LogP contribution in [0.15, 0.2) is 89.9 Å². The van der Waals surface area contributed by atoms with Gasteiger partial charge in [-0.15, -0.1) is 0 Å². The number of aryl methyl sites for hydroxylation is 2. The molecule has 0 atom stereocenters. The first-order valence-corrected chi connectivity index (χ1v) is 12.9. The van der Waals surface area contributed by atoms with Crippen molar-refractivity contribution in [2.24, 2.45) is 0 Å². The summed E-state index contributed by atoms with van der Waals surface area (Å²) in [7, 11) is 0. The van der Waals surface area contributed by atoms with E-state index >= 15 is 0 Å². The van der Waals surface area contributed by atoms with Gasteiger partial charge in [0.25, 0.3) is 5.56 Å². The van der Waals surface area contributed by atoms with E-state index in [-0.39, 0.29) is 5.56 Å². The molecule has 174 valence electrons. The molecule has 3 heterocycles. The molecule has 0 saturated carbocycles. The molecule has 0 aliphatic heterocycles. The Bertz CT molecular complexity index is 2080. The SMILES string of the molecule is Cc1cc2nc3s/c(=C\c4cn(Cc5ccc6ccccc6c5)c5ccccc45)c(=O)n3c2cc1C. The maximum Gasteiger partial charge on any atom is 0.274 e. The van der Waals surface area contributed by atoms with E-state index < -0.39 is 0 Å². The van der Waals surface area contributed by atoms with Crippen molar-refractivity contribution in [3.8, 4) is 0 Å². The molecule has 7 aromatic rings. The normalized spacial score (nSPS) is 12.6. The molecule has 0 aliphatic rings. The highest BCUT2D eigenvalue weighted by Gasteiger charge is 2.14. The molecule has 0 amide bonds. The third-order valence-corrected chi connectivity index (χ3v) is 8.10. The van der Waals surface area contributed by atoms with Gasteiger partial charge in [0, 0.05) is 29.2 Å². The van der Waals surface area contributed by atoms with Gasteiger partial charge in [-0.05, 0) is 71.7 Å². The van der Waals surface area contributed by atoms with Crippen molar-refractivity contribution >= 4 is 55.1 Å². The molecule has 0 N–H and O–H groups in total. The Morgan fingerprint density at radius 3 is 2.53 bits per heavy atom. The van der Waals surface area contributed by atoms with Gasteiger partial charge in [0.2, 0.25) is 0 Å². The third kappa shape index (κ3) is 3.28. The molecule has 0 saturated heterocycles. The number of rotatable bonds is 3. The molecule has 0 unspecified atom stereocenters. The lowest BCUT2D eigenvalue weighted by Crippen LogP contribution is -2.22. The molecule has 4 nitrogen and oxygen atoms in total. The quantitative estimate of drug-likeness (QED) is 0.298. The molecule has 36 heavy (non-hydrogen) atoms. The standard InChI is InChI=1S/C31H23N3OS/c1-19-13-26-28(14-20(19)2)34-30(35)29(36-31(34)32-26)16-24-18-33(27-10-6-5-9-25(24)27)17-21-11-12-22-7-3-4-8-23(22)15-21/h3-16,18H,17H2,1-2H3/b29-16-. The van der Waals surface area contributed by atoms with Crippen molar-refractivity contribution in [3.63, 3.8) is 0 Å². The second kappa shape index (κ2) is 7.90. The van der Waals surface area contributed by atoms with Crippen LogP contribution in [-0.2, 0) is 6.54 Å². The second-order valence-corrected chi connectivity index (χ2v) is 10.5. The number of aromatic nitrogens is 3. The van der Waals surface area contributed by atoms with Crippen molar-refractivity contribution in [2.75, 3.05) is 0 Å². The maximum atomic E-state index is 13.5. The minimum Gasteiger partial charge on any atom is -0.342 e. The third-order valence-electron chi connectivity index (χ3n) is 7.13. The Morgan fingerprint density at radius 2 is 1.64 bits per heavy atom. The minimum atomic E-state index is -0.00730. The Hall–Kier alpha value is -4.22. The second-order valence-electron chi connectivity index (χ2n) is 9.48. The molecule has 0 radical (unpaired) electrons. The molecule has 7 rings (SSSR count). The number of hydrogen-bond donors (Lipinski definition) is 0. The van der Waals surface area contributed by atoms with Crippen LogP contribution in [0.2, 0.25) is 0 Å². The van der Waals surface area contributed by atoms with Crippen molar-refractivity contribution in [2.45, 2.75) is 20.4 Å². The number of para-hydroxylation sites is 1. The number of thiazole rings is 1. The summed E-state index contributed by atoms with van der Waals surface area (Å²) >= 11 is 1.45. The molecule has 0 bridgehead atoms. The zero-order chi connectivity index (χ0) is 24.4. The zero-order valence-electron chi connectivity index (χ0n) is 20.0. The largest absolute Gasteiger partial charge is 0.342 e. The van der Waals surface area contributed by atoms with Crippen molar-refractivity contribution in [1.29, 1.82) is 0 Å². The first kappa shape index (κ1) is 21.1. The van der Waals surface area contributed by atoms with Gasteiger partial charge < -0.3 is 4.57 Å². The highest BCUT2D eigenvalue weighted by atomic mass is 32.1. The Kier molecular flexibility index (Phi) is 4.63. The number of fused-ring (bicyclic) bond motifs is 5. The van der Waals surface area contributed by atoms with Crippen LogP contribution < -0.4 is 10.1 Å². The van der Waals surface area contributed by atoms with Gasteiger partial charge in [0.1, 0.15) is 0 Å². The fourth-order valence-electron chi connectivity index (χ4n) is 5.11. The number of nitrogens with zero attached hydrogens (tertiary/aromatic N) is 3. The van der Waals surface area contributed by atoms with E-state index in [1.807, 2.05) is 6.08 Å². The molecular formula is C31H23N3OS. The van der Waals surface area contributed by atoms with E-state index in [4.69, 9.17) is 4.98 Å². The van der Waals surface area contributed by atoms with Crippen molar-refractivity contribution in [1.82, 2.24) is 14.0 Å². The molecule has 4 aromatic carbocycles. The van der Waals surface area contributed by atoms with Gasteiger partial charge in [-0.1, -0.05) is 65.9 Å². The predicted octanol–water partition coefficient (Wildman–Crippen LogP) is 6.23. The van der Waals surface area contributed by atoms with Crippen LogP contribution in [0, 0.1) is 13.8 Å². The molecule has 0 spiro atoms. The van der Waals surface area contributed by atoms with Gasteiger partial charge >= 0.3 is 0 Å². The van der Waals surface area contributed by atoms with Gasteiger partial charge in [-0.25, -0.2) is 9.38 Å². The van der Waals surface area contributed by atoms with E-state index in [1.165, 1.54) is 33.2 Å². The summed E-state index contributed by atoms with van der Waals surface area (Å²) in [6.07, 6.45) is 4.18. The van der Waals surface area contributed by atoms with Crippen molar-refractivity contribution in [3.05, 3.63) is 122 Å². The average molecular weight is 486 g/mol. The van der Waals surface area contributed by atoms with Gasteiger partial charge in [-0.3, -0.25) is 4.79 Å². The van der Waals surface area contributed by atoms with E-state index in [1.54, 1.807) is 4.40 Å². The summed E-state index contributed by atoms with van der Waals surface area (Å²) < 4.78 is 4.73. The van der Waals surface area contributed by atoms with Crippen LogP contribution in [0.4, 0.5) is 0 Å². The Labute approximate surface area is 211 Å². The van der Waals surface area contributed by atoms with Gasteiger partial charge in [0.15, 0.2) is 4.96 Å². The topological polar surface area (TPSA) is 39.3 Å². The lowest BCUT2D eigenvalue weighted by atomic mass is 10.1. The summed E-state index contributed by atoms with van der Waals surface area (Å²) in [5.74, 6) is 0. The van der Waals surface area contributed by atoms with Crippen LogP contribution in [0.5, 0.6) is 0 Å². The average Bonchev–Trinajstić information content (AvgIpc) is 3.51. The Balaban J connectivity index is 1.37. The van der Waals surface area contributed by atoms with E-state index in [0.717, 1.165) is 44.6 Å². The Morgan fingerprint density at radius 1 is 0.861 bits per heavy atom. The van der Waals surface area contributed by atoms with Crippen LogP contribution in [0.3, 0.4) is 0 Å². The van der Waals surface area contributed by atoms with Gasteiger partial charge in [-0.2, -0.15) is 0 Å². The molecule has 3 aromatic heterocycles. The summed E-state index contributed by atoms with van der Waals surface area (Å²) in [5.41, 5.74) is 7.55. The number of benzene rings is 4. The zero-order valence-corrected chi connectivity index (χ0v) is 20.8. The molecule has 0 aliphatic carbocycles. The van der Waals surface area contributed by atoms with Crippen LogP contribution in [0.25, 0.3) is 43.7 Å². The lowest BCUT2D eigenvalue weighted by Gasteiger charge is -2.07. The highest BCUT2D eigenvalue weighted by Crippen LogP contribution is 2.25. The van der Waals surface area contributed by atoms with Crippen LogP contribution in [0.1, 0.15) is 22.3 Å². The fourth-order valence-corrected chi connectivity index (χ4v) is 6.09. The first-order chi connectivity index (χ1) is 17.5. The highest BCUT2D eigenvalue weighted by molar-refractivity contribution is 7.15. The molecular weight excluding hydrogens is 462 g/mol. The first-order valence-electron chi connectivity index (χ1n) is 12.0. The monoisotopic (exact) mass is 485 g/mol. The summed E-state index contributed by atoms with van der Waals surface area (Å²) in [6, 6.07) is 27.6. The maximum absolute atomic E-state index is 13.5. The van der Waals surface area contributed by atoms with Crippen LogP contribution >= 0.6 is 11.3 Å². The van der Waals surface area contributed by atoms with E-state index in [2.05, 4.69) is 103 Å². The smallest absolute Gasteiger partial charge is 0.274 e. The summed E-state index contributed by atoms with van der Waals surface area (Å²) in [6.45, 7) is 4.91. The molecule has 0 fully saturated rings. The van der Waals surface area contributed by atoms with Crippen molar-refractivity contribution < 1.29 is 0 Å². The van der Waals surface area contributed by atoms with E-state index in [0.29, 0.717) is 4.53 Å². The summed E-state index contributed by atoms with van der Waals surface area (Å²) in [4.78, 5) is 18.9. The van der Waals surface area contributed by atoms with E-state index in [9.17, 15) is 4.79 Å². The fraction of sp³-hybridized carbons (Fsp3) is 0.0968.